The summed E-state index contributed by atoms with van der Waals surface area (Å²) in [5, 5.41) is 15.1. The molecule has 0 amide bonds. The van der Waals surface area contributed by atoms with E-state index in [1.54, 1.807) is 11.3 Å². The predicted octanol–water partition coefficient (Wildman–Crippen LogP) is 4.17. The van der Waals surface area contributed by atoms with Gasteiger partial charge in [0, 0.05) is 4.88 Å². The first-order chi connectivity index (χ1) is 17.6. The van der Waals surface area contributed by atoms with Crippen molar-refractivity contribution in [1.29, 1.82) is 5.26 Å². The van der Waals surface area contributed by atoms with E-state index in [9.17, 15) is 5.26 Å². The Morgan fingerprint density at radius 2 is 2.08 bits per heavy atom. The van der Waals surface area contributed by atoms with Crippen LogP contribution in [-0.4, -0.2) is 59.9 Å². The quantitative estimate of drug-likeness (QED) is 0.469. The molecule has 2 aliphatic carbocycles. The van der Waals surface area contributed by atoms with Gasteiger partial charge in [-0.3, -0.25) is 0 Å². The third kappa shape index (κ3) is 3.76. The van der Waals surface area contributed by atoms with E-state index in [0.29, 0.717) is 37.6 Å². The summed E-state index contributed by atoms with van der Waals surface area (Å²) in [5.41, 5.74) is 9.54. The molecule has 188 valence electrons. The number of aromatic nitrogens is 3. The van der Waals surface area contributed by atoms with Crippen LogP contribution >= 0.6 is 11.3 Å². The standard InChI is InChI=1S/C26H31N7OSSe/c1-16-15-32(36-2)12-5-13-33(16)20-8-11-29-25(30-20)22-17-6-3-9-26(23(17)34-31-22)10-4-7-19-21(26)18(14-27)24(28)35-19/h8,11,16H,3-7,9-10,12-13,15,28H2,1-2H3/t16-,26-/m0/s1. The van der Waals surface area contributed by atoms with Gasteiger partial charge in [0.05, 0.1) is 5.56 Å². The molecule has 1 saturated heterocycles. The van der Waals surface area contributed by atoms with Crippen LogP contribution in [-0.2, 0) is 18.3 Å². The van der Waals surface area contributed by atoms with Crippen molar-refractivity contribution < 1.29 is 4.52 Å². The molecule has 8 nitrogen and oxygen atoms in total. The van der Waals surface area contributed by atoms with Crippen molar-refractivity contribution in [3.05, 3.63) is 39.6 Å². The third-order valence-electron chi connectivity index (χ3n) is 8.07. The SMILES string of the molecule is C[Se]N1CCCN(c2ccnc(-c3noc4c3CCC[C@@]43CCCc4sc(N)c(C#N)c43)n2)[C@@H](C)C1. The molecule has 36 heavy (non-hydrogen) atoms. The summed E-state index contributed by atoms with van der Waals surface area (Å²) < 4.78 is 8.73. The van der Waals surface area contributed by atoms with Gasteiger partial charge in [-0.1, -0.05) is 0 Å². The summed E-state index contributed by atoms with van der Waals surface area (Å²) in [5.74, 6) is 4.77. The Balaban J connectivity index is 1.40. The second-order valence-electron chi connectivity index (χ2n) is 10.1. The van der Waals surface area contributed by atoms with Gasteiger partial charge in [-0.15, -0.1) is 11.3 Å². The van der Waals surface area contributed by atoms with Gasteiger partial charge in [0.1, 0.15) is 11.1 Å². The van der Waals surface area contributed by atoms with Gasteiger partial charge in [0.25, 0.3) is 0 Å². The molecule has 0 aromatic carbocycles. The molecule has 4 heterocycles. The summed E-state index contributed by atoms with van der Waals surface area (Å²) >= 11 is 2.09. The van der Waals surface area contributed by atoms with E-state index in [1.165, 1.54) is 4.88 Å². The summed E-state index contributed by atoms with van der Waals surface area (Å²) in [6.45, 7) is 5.48. The van der Waals surface area contributed by atoms with Gasteiger partial charge in [-0.05, 0) is 12.8 Å². The van der Waals surface area contributed by atoms with Crippen molar-refractivity contribution in [3.63, 3.8) is 0 Å². The van der Waals surface area contributed by atoms with E-state index in [0.717, 1.165) is 93.0 Å². The van der Waals surface area contributed by atoms with Crippen molar-refractivity contribution in [2.75, 3.05) is 30.3 Å². The molecule has 0 saturated carbocycles. The van der Waals surface area contributed by atoms with Crippen LogP contribution in [0.25, 0.3) is 11.5 Å². The number of aryl methyl sites for hydroxylation is 1. The van der Waals surface area contributed by atoms with Gasteiger partial charge in [0.15, 0.2) is 0 Å². The fourth-order valence-corrected chi connectivity index (χ4v) is 9.05. The van der Waals surface area contributed by atoms with Gasteiger partial charge in [0.2, 0.25) is 0 Å². The van der Waals surface area contributed by atoms with Crippen LogP contribution in [0, 0.1) is 11.3 Å². The number of anilines is 2. The molecular weight excluding hydrogens is 537 g/mol. The number of nitrogens with zero attached hydrogens (tertiary/aromatic N) is 6. The average molecular weight is 569 g/mol. The second kappa shape index (κ2) is 9.46. The topological polar surface area (TPSA) is 108 Å². The molecule has 3 aromatic heterocycles. The van der Waals surface area contributed by atoms with Crippen molar-refractivity contribution in [2.45, 2.75) is 69.1 Å². The zero-order valence-electron chi connectivity index (χ0n) is 20.8. The Kier molecular flexibility index (Phi) is 6.29. The van der Waals surface area contributed by atoms with Gasteiger partial charge >= 0.3 is 166 Å². The molecular formula is C26H31N7OSSe. The molecule has 6 rings (SSSR count). The summed E-state index contributed by atoms with van der Waals surface area (Å²) in [6, 6.07) is 4.80. The number of hydrogen-bond acceptors (Lipinski definition) is 9. The molecule has 0 bridgehead atoms. The van der Waals surface area contributed by atoms with Crippen LogP contribution in [0.4, 0.5) is 10.8 Å². The van der Waals surface area contributed by atoms with Gasteiger partial charge in [-0.2, -0.15) is 5.26 Å². The molecule has 3 aliphatic rings. The first-order valence-electron chi connectivity index (χ1n) is 12.8. The molecule has 2 atom stereocenters. The maximum atomic E-state index is 9.94. The molecule has 3 aromatic rings. The minimum absolute atomic E-state index is 0.326. The van der Waals surface area contributed by atoms with Crippen molar-refractivity contribution in [3.8, 4) is 17.6 Å². The summed E-state index contributed by atoms with van der Waals surface area (Å²) in [4.78, 5) is 13.3. The van der Waals surface area contributed by atoms with E-state index in [2.05, 4.69) is 37.8 Å². The Morgan fingerprint density at radius 3 is 2.89 bits per heavy atom. The van der Waals surface area contributed by atoms with Gasteiger partial charge in [-0.25, -0.2) is 0 Å². The average Bonchev–Trinajstić information content (AvgIpc) is 3.41. The Morgan fingerprint density at radius 1 is 1.25 bits per heavy atom. The molecule has 1 aliphatic heterocycles. The number of nitriles is 1. The van der Waals surface area contributed by atoms with Gasteiger partial charge < -0.3 is 5.73 Å². The normalized spacial score (nSPS) is 24.2. The van der Waals surface area contributed by atoms with Crippen LogP contribution in [0.5, 0.6) is 0 Å². The zero-order chi connectivity index (χ0) is 24.9. The molecule has 0 unspecified atom stereocenters. The molecule has 0 radical (unpaired) electrons. The van der Waals surface area contributed by atoms with E-state index in [4.69, 9.17) is 15.2 Å². The van der Waals surface area contributed by atoms with E-state index >= 15 is 0 Å². The fourth-order valence-electron chi connectivity index (χ4n) is 6.47. The zero-order valence-corrected chi connectivity index (χ0v) is 23.3. The predicted molar refractivity (Wildman–Crippen MR) is 142 cm³/mol. The number of hydrogen-bond donors (Lipinski definition) is 1. The van der Waals surface area contributed by atoms with Crippen LogP contribution in [0.15, 0.2) is 16.8 Å². The molecule has 1 fully saturated rings. The summed E-state index contributed by atoms with van der Waals surface area (Å²) in [6.07, 6.45) is 8.81. The fraction of sp³-hybridized carbons (Fsp3) is 0.538. The van der Waals surface area contributed by atoms with E-state index in [-0.39, 0.29) is 5.41 Å². The monoisotopic (exact) mass is 569 g/mol. The van der Waals surface area contributed by atoms with E-state index in [1.807, 2.05) is 12.3 Å². The van der Waals surface area contributed by atoms with E-state index < -0.39 is 0 Å². The first kappa shape index (κ1) is 23.9. The first-order valence-corrected chi connectivity index (χ1v) is 16.0. The third-order valence-corrected chi connectivity index (χ3v) is 10.9. The summed E-state index contributed by atoms with van der Waals surface area (Å²) in [7, 11) is 0. The number of fused-ring (bicyclic) bond motifs is 4. The van der Waals surface area contributed by atoms with Crippen molar-refractivity contribution >= 4 is 37.3 Å². The number of rotatable bonds is 3. The second-order valence-corrected chi connectivity index (χ2v) is 13.1. The van der Waals surface area contributed by atoms with Crippen LogP contribution < -0.4 is 10.6 Å². The Bertz CT molecular complexity index is 1330. The minimum atomic E-state index is -0.326. The number of thiophene rings is 1. The van der Waals surface area contributed by atoms with Crippen molar-refractivity contribution in [2.24, 2.45) is 0 Å². The van der Waals surface area contributed by atoms with Crippen LogP contribution in [0.1, 0.15) is 66.4 Å². The number of nitrogens with two attached hydrogens (primary N) is 1. The molecule has 10 heteroatoms. The van der Waals surface area contributed by atoms with Crippen molar-refractivity contribution in [1.82, 2.24) is 19.0 Å². The van der Waals surface area contributed by atoms with Crippen LogP contribution in [0.3, 0.4) is 0 Å². The van der Waals surface area contributed by atoms with Crippen LogP contribution in [0.2, 0.25) is 5.82 Å². The molecule has 2 N–H and O–H groups in total. The Hall–Kier alpha value is -2.44. The Labute approximate surface area is 222 Å². The molecule has 1 spiro atoms. The number of nitrogen functional groups attached to an aromatic ring is 1. The maximum absolute atomic E-state index is 9.94.